The minimum absolute atomic E-state index is 0.0126. The fourth-order valence-corrected chi connectivity index (χ4v) is 3.94. The van der Waals surface area contributed by atoms with Crippen LogP contribution in [0.3, 0.4) is 0 Å². The highest BCUT2D eigenvalue weighted by Crippen LogP contribution is 2.35. The van der Waals surface area contributed by atoms with Crippen LogP contribution in [-0.2, 0) is 34.0 Å². The lowest BCUT2D eigenvalue weighted by atomic mass is 9.87. The lowest BCUT2D eigenvalue weighted by Crippen LogP contribution is -2.70. The standard InChI is InChI=1S/C24H35NO8/c1-13(21(27)28)30-20-18(25-14(2)26)22(32-17-12-29-24(6,7)33-19(17)20)31-16-10-8-15(9-11-16)23(3,4)5/h8-11,13,17-20,22H,12H2,1-7H3,(H,25,26)(H,27,28). The van der Waals surface area contributed by atoms with Gasteiger partial charge in [-0.1, -0.05) is 32.9 Å². The quantitative estimate of drug-likeness (QED) is 0.659. The number of aliphatic carboxylic acids is 1. The number of amides is 1. The minimum atomic E-state index is -1.13. The minimum Gasteiger partial charge on any atom is -0.479 e. The van der Waals surface area contributed by atoms with Crippen molar-refractivity contribution in [3.8, 4) is 5.75 Å². The monoisotopic (exact) mass is 465 g/mol. The van der Waals surface area contributed by atoms with Crippen LogP contribution in [0.15, 0.2) is 24.3 Å². The Morgan fingerprint density at radius 2 is 1.85 bits per heavy atom. The SMILES string of the molecule is CC(=O)NC1C(Oc2ccc(C(C)(C)C)cc2)OC2COC(C)(C)OC2C1OC(C)C(=O)O. The molecule has 0 spiro atoms. The van der Waals surface area contributed by atoms with Crippen molar-refractivity contribution in [1.82, 2.24) is 5.32 Å². The van der Waals surface area contributed by atoms with Crippen LogP contribution in [0.1, 0.15) is 54.0 Å². The van der Waals surface area contributed by atoms with E-state index in [1.807, 2.05) is 24.3 Å². The molecule has 0 saturated carbocycles. The summed E-state index contributed by atoms with van der Waals surface area (Å²) < 4.78 is 30.0. The zero-order valence-corrected chi connectivity index (χ0v) is 20.3. The van der Waals surface area contributed by atoms with Gasteiger partial charge in [0.15, 0.2) is 11.9 Å². The molecule has 9 nitrogen and oxygen atoms in total. The lowest BCUT2D eigenvalue weighted by Gasteiger charge is -2.51. The molecule has 33 heavy (non-hydrogen) atoms. The van der Waals surface area contributed by atoms with Crippen molar-refractivity contribution in [2.24, 2.45) is 0 Å². The van der Waals surface area contributed by atoms with E-state index in [1.165, 1.54) is 13.8 Å². The number of ether oxygens (including phenoxy) is 5. The molecular weight excluding hydrogens is 430 g/mol. The summed E-state index contributed by atoms with van der Waals surface area (Å²) in [5.41, 5.74) is 1.13. The molecule has 0 radical (unpaired) electrons. The Bertz CT molecular complexity index is 847. The van der Waals surface area contributed by atoms with E-state index in [4.69, 9.17) is 23.7 Å². The van der Waals surface area contributed by atoms with E-state index in [0.717, 1.165) is 5.56 Å². The van der Waals surface area contributed by atoms with Crippen LogP contribution in [0, 0.1) is 0 Å². The van der Waals surface area contributed by atoms with Crippen LogP contribution in [0.5, 0.6) is 5.75 Å². The van der Waals surface area contributed by atoms with Crippen molar-refractivity contribution < 1.29 is 38.4 Å². The summed E-state index contributed by atoms with van der Waals surface area (Å²) in [6.45, 7) is 12.9. The molecule has 1 aromatic rings. The molecule has 2 fully saturated rings. The number of carboxylic acids is 1. The maximum atomic E-state index is 12.1. The molecule has 2 N–H and O–H groups in total. The van der Waals surface area contributed by atoms with Crippen molar-refractivity contribution in [2.45, 2.75) is 96.4 Å². The molecule has 6 atom stereocenters. The highest BCUT2D eigenvalue weighted by molar-refractivity contribution is 5.73. The Labute approximate surface area is 194 Å². The molecule has 2 saturated heterocycles. The molecule has 0 aromatic heterocycles. The molecular formula is C24H35NO8. The van der Waals surface area contributed by atoms with Gasteiger partial charge in [-0.05, 0) is 43.9 Å². The Kier molecular flexibility index (Phi) is 7.38. The van der Waals surface area contributed by atoms with Crippen LogP contribution in [0.4, 0.5) is 0 Å². The van der Waals surface area contributed by atoms with E-state index in [1.54, 1.807) is 13.8 Å². The number of hydrogen-bond acceptors (Lipinski definition) is 7. The van der Waals surface area contributed by atoms with Crippen LogP contribution in [0.2, 0.25) is 0 Å². The zero-order chi connectivity index (χ0) is 24.6. The molecule has 1 aromatic carbocycles. The molecule has 1 amide bonds. The van der Waals surface area contributed by atoms with Gasteiger partial charge < -0.3 is 34.1 Å². The molecule has 0 aliphatic carbocycles. The highest BCUT2D eigenvalue weighted by Gasteiger charge is 2.54. The van der Waals surface area contributed by atoms with Gasteiger partial charge in [-0.25, -0.2) is 4.79 Å². The zero-order valence-electron chi connectivity index (χ0n) is 20.3. The van der Waals surface area contributed by atoms with Crippen LogP contribution in [0.25, 0.3) is 0 Å². The van der Waals surface area contributed by atoms with Crippen molar-refractivity contribution in [3.05, 3.63) is 29.8 Å². The molecule has 2 aliphatic rings. The van der Waals surface area contributed by atoms with E-state index in [2.05, 4.69) is 26.1 Å². The van der Waals surface area contributed by atoms with Gasteiger partial charge in [-0.3, -0.25) is 4.79 Å². The van der Waals surface area contributed by atoms with Gasteiger partial charge in [-0.2, -0.15) is 0 Å². The number of rotatable bonds is 6. The number of carbonyl (C=O) groups is 2. The average Bonchev–Trinajstić information content (AvgIpc) is 2.69. The third-order valence-electron chi connectivity index (χ3n) is 5.71. The van der Waals surface area contributed by atoms with Crippen LogP contribution >= 0.6 is 0 Å². The van der Waals surface area contributed by atoms with E-state index in [-0.39, 0.29) is 17.9 Å². The molecule has 3 rings (SSSR count). The summed E-state index contributed by atoms with van der Waals surface area (Å²) in [7, 11) is 0. The summed E-state index contributed by atoms with van der Waals surface area (Å²) in [5.74, 6) is -1.83. The Morgan fingerprint density at radius 3 is 2.39 bits per heavy atom. The number of hydrogen-bond donors (Lipinski definition) is 2. The Morgan fingerprint density at radius 1 is 1.21 bits per heavy atom. The number of benzene rings is 1. The van der Waals surface area contributed by atoms with Crippen molar-refractivity contribution in [1.29, 1.82) is 0 Å². The van der Waals surface area contributed by atoms with Crippen molar-refractivity contribution in [3.63, 3.8) is 0 Å². The highest BCUT2D eigenvalue weighted by atomic mass is 16.8. The average molecular weight is 466 g/mol. The summed E-state index contributed by atoms with van der Waals surface area (Å²) in [5, 5.41) is 12.2. The number of carboxylic acid groups (broad SMARTS) is 1. The van der Waals surface area contributed by atoms with Gasteiger partial charge in [0.25, 0.3) is 0 Å². The topological polar surface area (TPSA) is 113 Å². The Balaban J connectivity index is 1.91. The van der Waals surface area contributed by atoms with Gasteiger partial charge in [0.05, 0.1) is 6.61 Å². The fourth-order valence-electron chi connectivity index (χ4n) is 3.94. The van der Waals surface area contributed by atoms with Crippen LogP contribution in [-0.4, -0.2) is 66.1 Å². The summed E-state index contributed by atoms with van der Waals surface area (Å²) in [6.07, 6.45) is -4.18. The summed E-state index contributed by atoms with van der Waals surface area (Å²) in [6, 6.07) is 6.82. The summed E-state index contributed by atoms with van der Waals surface area (Å²) >= 11 is 0. The van der Waals surface area contributed by atoms with E-state index in [0.29, 0.717) is 5.75 Å². The maximum Gasteiger partial charge on any atom is 0.332 e. The third kappa shape index (κ3) is 6.23. The lowest BCUT2D eigenvalue weighted by molar-refractivity contribution is -0.366. The molecule has 0 bridgehead atoms. The Hall–Kier alpha value is -2.20. The first-order valence-electron chi connectivity index (χ1n) is 11.2. The smallest absolute Gasteiger partial charge is 0.332 e. The van der Waals surface area contributed by atoms with E-state index in [9.17, 15) is 14.7 Å². The van der Waals surface area contributed by atoms with Gasteiger partial charge in [0, 0.05) is 6.92 Å². The first-order chi connectivity index (χ1) is 15.3. The number of nitrogens with one attached hydrogen (secondary N) is 1. The van der Waals surface area contributed by atoms with E-state index < -0.39 is 48.5 Å². The molecule has 184 valence electrons. The molecule has 9 heteroatoms. The first kappa shape index (κ1) is 25.4. The van der Waals surface area contributed by atoms with Crippen LogP contribution < -0.4 is 10.1 Å². The number of carbonyl (C=O) groups excluding carboxylic acids is 1. The fraction of sp³-hybridized carbons (Fsp3) is 0.667. The first-order valence-corrected chi connectivity index (χ1v) is 11.2. The number of fused-ring (bicyclic) bond motifs is 1. The van der Waals surface area contributed by atoms with Gasteiger partial charge in [0.2, 0.25) is 12.2 Å². The van der Waals surface area contributed by atoms with Crippen molar-refractivity contribution >= 4 is 11.9 Å². The molecule has 6 unspecified atom stereocenters. The largest absolute Gasteiger partial charge is 0.479 e. The maximum absolute atomic E-state index is 12.1. The van der Waals surface area contributed by atoms with Gasteiger partial charge in [-0.15, -0.1) is 0 Å². The second-order valence-electron chi connectivity index (χ2n) is 10.0. The van der Waals surface area contributed by atoms with Gasteiger partial charge in [0.1, 0.15) is 30.1 Å². The molecule has 2 heterocycles. The predicted molar refractivity (Wildman–Crippen MR) is 119 cm³/mol. The van der Waals surface area contributed by atoms with Gasteiger partial charge >= 0.3 is 5.97 Å². The predicted octanol–water partition coefficient (Wildman–Crippen LogP) is 2.60. The second-order valence-corrected chi connectivity index (χ2v) is 10.0. The van der Waals surface area contributed by atoms with E-state index >= 15 is 0 Å². The second kappa shape index (κ2) is 9.58. The van der Waals surface area contributed by atoms with Crippen molar-refractivity contribution in [2.75, 3.05) is 6.61 Å². The summed E-state index contributed by atoms with van der Waals surface area (Å²) in [4.78, 5) is 23.6. The third-order valence-corrected chi connectivity index (χ3v) is 5.71. The molecule has 2 aliphatic heterocycles. The normalized spacial score (nSPS) is 30.1.